The summed E-state index contributed by atoms with van der Waals surface area (Å²) in [6, 6.07) is 0. The van der Waals surface area contributed by atoms with E-state index in [1.54, 1.807) is 0 Å². The van der Waals surface area contributed by atoms with Crippen molar-refractivity contribution in [2.45, 2.75) is 18.4 Å². The first-order valence-corrected chi connectivity index (χ1v) is 4.13. The third-order valence-corrected chi connectivity index (χ3v) is 2.55. The van der Waals surface area contributed by atoms with E-state index in [4.69, 9.17) is 10.8 Å². The summed E-state index contributed by atoms with van der Waals surface area (Å²) in [5.41, 5.74) is 5.64. The molecule has 0 heterocycles. The Morgan fingerprint density at radius 1 is 1.80 bits per heavy atom. The highest BCUT2D eigenvalue weighted by molar-refractivity contribution is 14.1. The average Bonchev–Trinajstić information content (AvgIpc) is 1.80. The molecule has 1 fully saturated rings. The Labute approximate surface area is 72.4 Å². The van der Waals surface area contributed by atoms with Crippen LogP contribution >= 0.6 is 22.6 Å². The molecule has 0 unspecified atom stereocenters. The van der Waals surface area contributed by atoms with Gasteiger partial charge >= 0.3 is 5.97 Å². The van der Waals surface area contributed by atoms with E-state index in [2.05, 4.69) is 22.6 Å². The largest absolute Gasteiger partial charge is 0.480 e. The van der Waals surface area contributed by atoms with Crippen molar-refractivity contribution in [3.8, 4) is 0 Å². The van der Waals surface area contributed by atoms with E-state index in [1.165, 1.54) is 0 Å². The Morgan fingerprint density at radius 2 is 2.30 bits per heavy atom. The Kier molecular flexibility index (Phi) is 2.00. The minimum Gasteiger partial charge on any atom is -0.480 e. The highest BCUT2D eigenvalue weighted by atomic mass is 123. The van der Waals surface area contributed by atoms with Crippen LogP contribution in [0.15, 0.2) is 9.66 Å². The van der Waals surface area contributed by atoms with Crippen LogP contribution in [0.2, 0.25) is 0 Å². The minimum atomic E-state index is -0.961. The van der Waals surface area contributed by atoms with Gasteiger partial charge in [-0.3, -0.25) is 4.79 Å². The lowest BCUT2D eigenvalue weighted by atomic mass is 9.74. The van der Waals surface area contributed by atoms with Gasteiger partial charge in [-0.15, -0.1) is 0 Å². The highest BCUT2D eigenvalue weighted by Crippen LogP contribution is 2.35. The van der Waals surface area contributed by atoms with E-state index in [0.717, 1.165) is 5.57 Å². The summed E-state index contributed by atoms with van der Waals surface area (Å²) in [6.45, 7) is 0. The number of hydrogen-bond donors (Lipinski definition) is 2. The molecule has 0 aromatic carbocycles. The lowest BCUT2D eigenvalue weighted by Gasteiger charge is -2.35. The SMILES string of the molecule is NC1(C(=O)O)CC(=C[123I])C1. The van der Waals surface area contributed by atoms with Gasteiger partial charge in [0.2, 0.25) is 0 Å². The molecule has 1 aliphatic rings. The fraction of sp³-hybridized carbons (Fsp3) is 0.500. The molecule has 56 valence electrons. The Bertz CT molecular complexity index is 192. The molecule has 0 saturated heterocycles. The lowest BCUT2D eigenvalue weighted by Crippen LogP contribution is -2.54. The number of carboxylic acid groups (broad SMARTS) is 1. The monoisotopic (exact) mass is 249 g/mol. The second-order valence-corrected chi connectivity index (χ2v) is 3.21. The first-order chi connectivity index (χ1) is 4.58. The molecule has 1 aliphatic carbocycles. The molecule has 1 saturated carbocycles. The predicted octanol–water partition coefficient (Wildman–Crippen LogP) is 0.881. The number of carbonyl (C=O) groups is 1. The predicted molar refractivity (Wildman–Crippen MR) is 45.9 cm³/mol. The molecule has 0 aromatic rings. The highest BCUT2D eigenvalue weighted by Gasteiger charge is 2.43. The van der Waals surface area contributed by atoms with Crippen molar-refractivity contribution in [1.82, 2.24) is 0 Å². The fourth-order valence-corrected chi connectivity index (χ4v) is 1.43. The second kappa shape index (κ2) is 2.50. The van der Waals surface area contributed by atoms with E-state index in [0.29, 0.717) is 12.8 Å². The zero-order valence-corrected chi connectivity index (χ0v) is 7.46. The number of nitrogens with two attached hydrogens (primary N) is 1. The van der Waals surface area contributed by atoms with Crippen LogP contribution in [0.4, 0.5) is 0 Å². The van der Waals surface area contributed by atoms with Crippen LogP contribution in [0, 0.1) is 0 Å². The van der Waals surface area contributed by atoms with Crippen molar-refractivity contribution in [2.24, 2.45) is 5.73 Å². The van der Waals surface area contributed by atoms with Crippen molar-refractivity contribution in [1.29, 1.82) is 0 Å². The second-order valence-electron chi connectivity index (χ2n) is 2.58. The van der Waals surface area contributed by atoms with Crippen LogP contribution in [-0.4, -0.2) is 16.6 Å². The van der Waals surface area contributed by atoms with Gasteiger partial charge in [-0.05, 0) is 16.9 Å². The van der Waals surface area contributed by atoms with Gasteiger partial charge in [0.1, 0.15) is 5.54 Å². The summed E-state index contributed by atoms with van der Waals surface area (Å²) in [7, 11) is 0. The van der Waals surface area contributed by atoms with Crippen LogP contribution in [0.3, 0.4) is 0 Å². The van der Waals surface area contributed by atoms with Gasteiger partial charge in [0.05, 0.1) is 0 Å². The molecule has 0 amide bonds. The lowest BCUT2D eigenvalue weighted by molar-refractivity contribution is -0.144. The van der Waals surface area contributed by atoms with Crippen molar-refractivity contribution >= 4 is 28.6 Å². The van der Waals surface area contributed by atoms with Crippen molar-refractivity contribution in [3.63, 3.8) is 0 Å². The number of carboxylic acids is 1. The quantitative estimate of drug-likeness (QED) is 0.678. The summed E-state index contributed by atoms with van der Waals surface area (Å²) < 4.78 is 1.89. The number of hydrogen-bond acceptors (Lipinski definition) is 2. The van der Waals surface area contributed by atoms with E-state index in [9.17, 15) is 4.79 Å². The van der Waals surface area contributed by atoms with E-state index < -0.39 is 11.5 Å². The molecule has 0 atom stereocenters. The number of halogens is 1. The van der Waals surface area contributed by atoms with Crippen LogP contribution in [0.1, 0.15) is 12.8 Å². The van der Waals surface area contributed by atoms with Gasteiger partial charge in [-0.25, -0.2) is 0 Å². The van der Waals surface area contributed by atoms with Gasteiger partial charge < -0.3 is 10.8 Å². The number of rotatable bonds is 1. The zero-order valence-electron chi connectivity index (χ0n) is 5.30. The van der Waals surface area contributed by atoms with Crippen LogP contribution in [0.25, 0.3) is 0 Å². The standard InChI is InChI=1S/C6H8INO2/c7-3-4-1-6(8,2-4)5(9)10/h3H,1-2,8H2,(H,9,10)/i7-4. The Morgan fingerprint density at radius 3 is 2.60 bits per heavy atom. The van der Waals surface area contributed by atoms with Gasteiger partial charge in [-0.2, -0.15) is 0 Å². The normalized spacial score (nSPS) is 31.2. The maximum atomic E-state index is 10.4. The average molecular weight is 249 g/mol. The molecule has 0 aromatic heterocycles. The van der Waals surface area contributed by atoms with Gasteiger partial charge in [0.25, 0.3) is 0 Å². The van der Waals surface area contributed by atoms with Crippen LogP contribution < -0.4 is 5.73 Å². The Balaban J connectivity index is 2.58. The maximum Gasteiger partial charge on any atom is 0.324 e. The van der Waals surface area contributed by atoms with Crippen molar-refractivity contribution in [2.75, 3.05) is 0 Å². The molecule has 0 spiro atoms. The number of aliphatic carboxylic acids is 1. The Hall–Kier alpha value is -0.100. The third kappa shape index (κ3) is 1.17. The molecule has 10 heavy (non-hydrogen) atoms. The van der Waals surface area contributed by atoms with E-state index in [-0.39, 0.29) is 0 Å². The smallest absolute Gasteiger partial charge is 0.324 e. The van der Waals surface area contributed by atoms with E-state index >= 15 is 0 Å². The molecule has 0 aliphatic heterocycles. The van der Waals surface area contributed by atoms with Crippen LogP contribution in [-0.2, 0) is 4.79 Å². The summed E-state index contributed by atoms with van der Waals surface area (Å²) in [5, 5.41) is 8.55. The molecule has 3 nitrogen and oxygen atoms in total. The molecule has 0 bridgehead atoms. The van der Waals surface area contributed by atoms with Gasteiger partial charge in [0.15, 0.2) is 0 Å². The first-order valence-electron chi connectivity index (χ1n) is 2.89. The summed E-state index contributed by atoms with van der Waals surface area (Å²) in [6.07, 6.45) is 1.01. The van der Waals surface area contributed by atoms with Crippen molar-refractivity contribution < 1.29 is 9.90 Å². The fourth-order valence-electron chi connectivity index (χ4n) is 0.987. The van der Waals surface area contributed by atoms with Gasteiger partial charge in [0, 0.05) is 0 Å². The summed E-state index contributed by atoms with van der Waals surface area (Å²) >= 11 is 2.09. The van der Waals surface area contributed by atoms with E-state index in [1.807, 2.05) is 4.08 Å². The summed E-state index contributed by atoms with van der Waals surface area (Å²) in [5.74, 6) is -0.894. The molecule has 4 heteroatoms. The molecular weight excluding hydrogens is 241 g/mol. The third-order valence-electron chi connectivity index (χ3n) is 1.67. The molecule has 1 rings (SSSR count). The topological polar surface area (TPSA) is 63.3 Å². The molecule has 0 radical (unpaired) electrons. The first kappa shape index (κ1) is 8.00. The van der Waals surface area contributed by atoms with Crippen LogP contribution in [0.5, 0.6) is 0 Å². The molecular formula is C6H8INO2. The zero-order chi connectivity index (χ0) is 7.78. The van der Waals surface area contributed by atoms with Gasteiger partial charge in [-0.1, -0.05) is 28.2 Å². The summed E-state index contributed by atoms with van der Waals surface area (Å²) in [4.78, 5) is 10.4. The maximum absolute atomic E-state index is 10.4. The van der Waals surface area contributed by atoms with Crippen molar-refractivity contribution in [3.05, 3.63) is 9.66 Å². The minimum absolute atomic E-state index is 0.505. The molecule has 3 N–H and O–H groups in total.